The Bertz CT molecular complexity index is 584. The topological polar surface area (TPSA) is 60.2 Å². The van der Waals surface area contributed by atoms with Gasteiger partial charge in [0.2, 0.25) is 0 Å². The molecule has 0 saturated heterocycles. The fourth-order valence-corrected chi connectivity index (χ4v) is 2.36. The van der Waals surface area contributed by atoms with E-state index in [1.165, 1.54) is 0 Å². The highest BCUT2D eigenvalue weighted by atomic mass is 16.5. The van der Waals surface area contributed by atoms with Gasteiger partial charge in [-0.3, -0.25) is 10.8 Å². The van der Waals surface area contributed by atoms with Gasteiger partial charge in [0.25, 0.3) is 0 Å². The predicted octanol–water partition coefficient (Wildman–Crippen LogP) is 2.65. The van der Waals surface area contributed by atoms with E-state index in [9.17, 15) is 0 Å². The van der Waals surface area contributed by atoms with Crippen molar-refractivity contribution in [2.75, 3.05) is 6.61 Å². The second-order valence-electron chi connectivity index (χ2n) is 4.70. The van der Waals surface area contributed by atoms with Gasteiger partial charge in [-0.05, 0) is 38.5 Å². The standard InChI is InChI=1S/C16H21N3O/c1-4-20-15-8-6-5-7-14(15)16(19-17)13-10-9-11(2)18-12(13)3/h5-10,16,19H,4,17H2,1-3H3. The van der Waals surface area contributed by atoms with Crippen molar-refractivity contribution in [2.24, 2.45) is 5.84 Å². The number of nitrogens with one attached hydrogen (secondary N) is 1. The fraction of sp³-hybridized carbons (Fsp3) is 0.312. The van der Waals surface area contributed by atoms with Crippen LogP contribution in [0, 0.1) is 13.8 Å². The van der Waals surface area contributed by atoms with Crippen molar-refractivity contribution < 1.29 is 4.74 Å². The Morgan fingerprint density at radius 3 is 2.55 bits per heavy atom. The molecule has 1 unspecified atom stereocenters. The maximum atomic E-state index is 5.78. The molecule has 1 heterocycles. The van der Waals surface area contributed by atoms with Crippen molar-refractivity contribution >= 4 is 0 Å². The molecule has 0 aliphatic rings. The highest BCUT2D eigenvalue weighted by Crippen LogP contribution is 2.30. The summed E-state index contributed by atoms with van der Waals surface area (Å²) in [5.41, 5.74) is 6.92. The molecule has 0 saturated carbocycles. The van der Waals surface area contributed by atoms with Gasteiger partial charge in [-0.1, -0.05) is 24.3 Å². The number of hydrogen-bond donors (Lipinski definition) is 2. The van der Waals surface area contributed by atoms with Crippen LogP contribution in [-0.2, 0) is 0 Å². The molecule has 0 aliphatic heterocycles. The van der Waals surface area contributed by atoms with E-state index in [-0.39, 0.29) is 6.04 Å². The molecule has 2 rings (SSSR count). The molecular weight excluding hydrogens is 250 g/mol. The molecule has 3 N–H and O–H groups in total. The number of ether oxygens (including phenoxy) is 1. The number of benzene rings is 1. The third-order valence-electron chi connectivity index (χ3n) is 3.27. The van der Waals surface area contributed by atoms with Gasteiger partial charge in [0.05, 0.1) is 12.6 Å². The summed E-state index contributed by atoms with van der Waals surface area (Å²) < 4.78 is 5.69. The number of rotatable bonds is 5. The molecule has 106 valence electrons. The molecule has 2 aromatic rings. The number of hydrogen-bond acceptors (Lipinski definition) is 4. The average Bonchev–Trinajstić information content (AvgIpc) is 2.44. The Morgan fingerprint density at radius 2 is 1.90 bits per heavy atom. The van der Waals surface area contributed by atoms with Gasteiger partial charge in [-0.2, -0.15) is 0 Å². The zero-order chi connectivity index (χ0) is 14.5. The number of nitrogens with two attached hydrogens (primary N) is 1. The van der Waals surface area contributed by atoms with Gasteiger partial charge < -0.3 is 4.74 Å². The quantitative estimate of drug-likeness (QED) is 0.648. The Labute approximate surface area is 120 Å². The van der Waals surface area contributed by atoms with Gasteiger partial charge >= 0.3 is 0 Å². The molecule has 20 heavy (non-hydrogen) atoms. The summed E-state index contributed by atoms with van der Waals surface area (Å²) >= 11 is 0. The molecule has 1 atom stereocenters. The second kappa shape index (κ2) is 6.50. The lowest BCUT2D eigenvalue weighted by atomic mass is 9.97. The van der Waals surface area contributed by atoms with Gasteiger partial charge in [-0.15, -0.1) is 0 Å². The molecular formula is C16H21N3O. The van der Waals surface area contributed by atoms with Crippen molar-refractivity contribution in [3.63, 3.8) is 0 Å². The molecule has 0 amide bonds. The number of para-hydroxylation sites is 1. The minimum atomic E-state index is -0.133. The van der Waals surface area contributed by atoms with Gasteiger partial charge in [0, 0.05) is 17.0 Å². The van der Waals surface area contributed by atoms with Crippen LogP contribution in [0.25, 0.3) is 0 Å². The van der Waals surface area contributed by atoms with E-state index in [0.717, 1.165) is 28.3 Å². The van der Waals surface area contributed by atoms with Crippen LogP contribution in [0.15, 0.2) is 36.4 Å². The van der Waals surface area contributed by atoms with E-state index in [1.807, 2.05) is 51.1 Å². The van der Waals surface area contributed by atoms with Crippen LogP contribution >= 0.6 is 0 Å². The predicted molar refractivity (Wildman–Crippen MR) is 80.5 cm³/mol. The average molecular weight is 271 g/mol. The van der Waals surface area contributed by atoms with Crippen LogP contribution in [0.4, 0.5) is 0 Å². The Hall–Kier alpha value is -1.91. The number of aryl methyl sites for hydroxylation is 2. The maximum absolute atomic E-state index is 5.78. The van der Waals surface area contributed by atoms with E-state index in [1.54, 1.807) is 0 Å². The van der Waals surface area contributed by atoms with Crippen molar-refractivity contribution in [3.05, 3.63) is 58.9 Å². The summed E-state index contributed by atoms with van der Waals surface area (Å²) in [6.07, 6.45) is 0. The smallest absolute Gasteiger partial charge is 0.124 e. The molecule has 0 bridgehead atoms. The summed E-state index contributed by atoms with van der Waals surface area (Å²) in [7, 11) is 0. The Balaban J connectivity index is 2.47. The summed E-state index contributed by atoms with van der Waals surface area (Å²) in [6.45, 7) is 6.57. The Morgan fingerprint density at radius 1 is 1.15 bits per heavy atom. The number of nitrogens with zero attached hydrogens (tertiary/aromatic N) is 1. The van der Waals surface area contributed by atoms with Gasteiger partial charge in [-0.25, -0.2) is 5.43 Å². The van der Waals surface area contributed by atoms with Gasteiger partial charge in [0.1, 0.15) is 5.75 Å². The summed E-state index contributed by atoms with van der Waals surface area (Å²) in [5.74, 6) is 6.62. The summed E-state index contributed by atoms with van der Waals surface area (Å²) in [6, 6.07) is 11.8. The lowest BCUT2D eigenvalue weighted by Crippen LogP contribution is -2.30. The normalized spacial score (nSPS) is 12.2. The first kappa shape index (κ1) is 14.5. The largest absolute Gasteiger partial charge is 0.494 e. The molecule has 0 spiro atoms. The fourth-order valence-electron chi connectivity index (χ4n) is 2.36. The zero-order valence-corrected chi connectivity index (χ0v) is 12.2. The van der Waals surface area contributed by atoms with E-state index in [0.29, 0.717) is 6.61 Å². The lowest BCUT2D eigenvalue weighted by Gasteiger charge is -2.21. The third kappa shape index (κ3) is 2.98. The molecule has 4 heteroatoms. The second-order valence-corrected chi connectivity index (χ2v) is 4.70. The van der Waals surface area contributed by atoms with E-state index < -0.39 is 0 Å². The monoisotopic (exact) mass is 271 g/mol. The first-order valence-electron chi connectivity index (χ1n) is 6.79. The lowest BCUT2D eigenvalue weighted by molar-refractivity contribution is 0.333. The Kier molecular flexibility index (Phi) is 4.71. The minimum Gasteiger partial charge on any atom is -0.494 e. The van der Waals surface area contributed by atoms with Crippen LogP contribution in [0.1, 0.15) is 35.5 Å². The van der Waals surface area contributed by atoms with E-state index in [4.69, 9.17) is 10.6 Å². The van der Waals surface area contributed by atoms with E-state index in [2.05, 4.69) is 16.5 Å². The van der Waals surface area contributed by atoms with Crippen molar-refractivity contribution in [2.45, 2.75) is 26.8 Å². The number of hydrazine groups is 1. The van der Waals surface area contributed by atoms with Crippen LogP contribution in [0.3, 0.4) is 0 Å². The van der Waals surface area contributed by atoms with Crippen molar-refractivity contribution in [3.8, 4) is 5.75 Å². The first-order chi connectivity index (χ1) is 9.67. The molecule has 0 fully saturated rings. The first-order valence-corrected chi connectivity index (χ1v) is 6.79. The van der Waals surface area contributed by atoms with Crippen molar-refractivity contribution in [1.82, 2.24) is 10.4 Å². The minimum absolute atomic E-state index is 0.133. The van der Waals surface area contributed by atoms with Crippen LogP contribution in [0.2, 0.25) is 0 Å². The molecule has 4 nitrogen and oxygen atoms in total. The maximum Gasteiger partial charge on any atom is 0.124 e. The molecule has 0 aliphatic carbocycles. The van der Waals surface area contributed by atoms with Crippen molar-refractivity contribution in [1.29, 1.82) is 0 Å². The third-order valence-corrected chi connectivity index (χ3v) is 3.27. The molecule has 1 aromatic heterocycles. The highest BCUT2D eigenvalue weighted by molar-refractivity contribution is 5.42. The summed E-state index contributed by atoms with van der Waals surface area (Å²) in [5, 5.41) is 0. The highest BCUT2D eigenvalue weighted by Gasteiger charge is 2.19. The van der Waals surface area contributed by atoms with Crippen LogP contribution in [0.5, 0.6) is 5.75 Å². The molecule has 0 radical (unpaired) electrons. The number of pyridine rings is 1. The van der Waals surface area contributed by atoms with E-state index >= 15 is 0 Å². The molecule has 1 aromatic carbocycles. The summed E-state index contributed by atoms with van der Waals surface area (Å²) in [4.78, 5) is 4.51. The van der Waals surface area contributed by atoms with Crippen LogP contribution < -0.4 is 16.0 Å². The SMILES string of the molecule is CCOc1ccccc1C(NN)c1ccc(C)nc1C. The van der Waals surface area contributed by atoms with Crippen LogP contribution in [-0.4, -0.2) is 11.6 Å². The zero-order valence-electron chi connectivity index (χ0n) is 12.2. The number of aromatic nitrogens is 1. The van der Waals surface area contributed by atoms with Gasteiger partial charge in [0.15, 0.2) is 0 Å².